The Bertz CT molecular complexity index is 797. The minimum absolute atomic E-state index is 0. The summed E-state index contributed by atoms with van der Waals surface area (Å²) in [7, 11) is 1.73. The Kier molecular flexibility index (Phi) is 9.39. The van der Waals surface area contributed by atoms with Crippen LogP contribution in [0.4, 0.5) is 10.1 Å². The number of anilines is 1. The summed E-state index contributed by atoms with van der Waals surface area (Å²) in [5.41, 5.74) is 1.49. The maximum Gasteiger partial charge on any atom is 0.225 e. The van der Waals surface area contributed by atoms with E-state index in [0.29, 0.717) is 50.4 Å². The van der Waals surface area contributed by atoms with Crippen molar-refractivity contribution in [2.24, 2.45) is 10.9 Å². The molecule has 0 aromatic heterocycles. The minimum Gasteiger partial charge on any atom is -0.378 e. The molecule has 9 heteroatoms. The van der Waals surface area contributed by atoms with E-state index in [2.05, 4.69) is 15.6 Å². The summed E-state index contributed by atoms with van der Waals surface area (Å²) in [6, 6.07) is 5.57. The van der Waals surface area contributed by atoms with Crippen LogP contribution in [-0.2, 0) is 16.1 Å². The average Bonchev–Trinajstić information content (AvgIpc) is 3.49. The highest BCUT2D eigenvalue weighted by molar-refractivity contribution is 14.0. The lowest BCUT2D eigenvalue weighted by Gasteiger charge is -2.29. The number of rotatable bonds is 5. The number of likely N-dealkylation sites (tertiary alicyclic amines) is 1. The Hall–Kier alpha value is -1.62. The number of aliphatic imine (C=N–C) groups is 1. The summed E-state index contributed by atoms with van der Waals surface area (Å²) in [6.07, 6.45) is 5.35. The van der Waals surface area contributed by atoms with E-state index in [9.17, 15) is 9.18 Å². The Balaban J connectivity index is 0.00000289. The van der Waals surface area contributed by atoms with E-state index in [1.807, 2.05) is 21.9 Å². The molecule has 2 heterocycles. The number of carbonyl (C=O) groups is 1. The monoisotopic (exact) mass is 559 g/mol. The van der Waals surface area contributed by atoms with Crippen LogP contribution in [0, 0.1) is 11.7 Å². The number of amides is 1. The van der Waals surface area contributed by atoms with Crippen LogP contribution in [0.25, 0.3) is 0 Å². The van der Waals surface area contributed by atoms with E-state index in [1.165, 1.54) is 12.8 Å². The van der Waals surface area contributed by atoms with Gasteiger partial charge in [0, 0.05) is 51.7 Å². The van der Waals surface area contributed by atoms with Gasteiger partial charge in [-0.05, 0) is 37.0 Å². The van der Waals surface area contributed by atoms with Gasteiger partial charge in [-0.1, -0.05) is 18.9 Å². The molecule has 1 atom stereocenters. The number of nitrogens with one attached hydrogen (secondary N) is 2. The van der Waals surface area contributed by atoms with Crippen molar-refractivity contribution in [3.63, 3.8) is 0 Å². The predicted molar refractivity (Wildman–Crippen MR) is 135 cm³/mol. The zero-order chi connectivity index (χ0) is 21.6. The molecule has 0 radical (unpaired) electrons. The van der Waals surface area contributed by atoms with E-state index < -0.39 is 0 Å². The quantitative estimate of drug-likeness (QED) is 0.330. The number of halogens is 2. The highest BCUT2D eigenvalue weighted by atomic mass is 127. The van der Waals surface area contributed by atoms with Crippen molar-refractivity contribution in [2.75, 3.05) is 51.3 Å². The molecule has 2 saturated heterocycles. The molecule has 1 aromatic rings. The van der Waals surface area contributed by atoms with E-state index in [0.717, 1.165) is 37.9 Å². The van der Waals surface area contributed by atoms with Crippen LogP contribution in [0.1, 0.15) is 37.7 Å². The van der Waals surface area contributed by atoms with E-state index in [-0.39, 0.29) is 41.8 Å². The average molecular weight is 559 g/mol. The summed E-state index contributed by atoms with van der Waals surface area (Å²) in [5.74, 6) is 1.02. The zero-order valence-corrected chi connectivity index (χ0v) is 21.1. The molecular formula is C23H35FIN5O2. The third kappa shape index (κ3) is 6.24. The number of carbonyl (C=O) groups excluding carboxylic acids is 1. The second kappa shape index (κ2) is 12.0. The molecule has 2 aliphatic heterocycles. The van der Waals surface area contributed by atoms with Crippen molar-refractivity contribution in [3.05, 3.63) is 29.6 Å². The summed E-state index contributed by atoms with van der Waals surface area (Å²) in [6.45, 7) is 4.71. The van der Waals surface area contributed by atoms with Crippen LogP contribution in [0.2, 0.25) is 0 Å². The lowest BCUT2D eigenvalue weighted by atomic mass is 10.1. The number of ether oxygens (including phenoxy) is 1. The Morgan fingerprint density at radius 2 is 1.94 bits per heavy atom. The van der Waals surface area contributed by atoms with Gasteiger partial charge in [0.1, 0.15) is 5.82 Å². The smallest absolute Gasteiger partial charge is 0.225 e. The lowest BCUT2D eigenvalue weighted by Crippen LogP contribution is -2.45. The molecular weight excluding hydrogens is 524 g/mol. The highest BCUT2D eigenvalue weighted by Gasteiger charge is 2.32. The summed E-state index contributed by atoms with van der Waals surface area (Å²) in [4.78, 5) is 21.0. The molecule has 32 heavy (non-hydrogen) atoms. The molecule has 1 aromatic carbocycles. The van der Waals surface area contributed by atoms with Gasteiger partial charge in [-0.25, -0.2) is 4.39 Å². The van der Waals surface area contributed by atoms with Crippen LogP contribution in [0.3, 0.4) is 0 Å². The van der Waals surface area contributed by atoms with Crippen LogP contribution in [0.15, 0.2) is 23.2 Å². The van der Waals surface area contributed by atoms with Crippen molar-refractivity contribution < 1.29 is 13.9 Å². The molecule has 0 bridgehead atoms. The number of guanidine groups is 1. The number of hydrogen-bond donors (Lipinski definition) is 2. The normalized spacial score (nSPS) is 22.1. The molecule has 3 fully saturated rings. The molecule has 1 amide bonds. The first-order valence-corrected chi connectivity index (χ1v) is 11.5. The fourth-order valence-electron chi connectivity index (χ4n) is 4.80. The van der Waals surface area contributed by atoms with Gasteiger partial charge in [-0.2, -0.15) is 0 Å². The third-order valence-corrected chi connectivity index (χ3v) is 6.59. The third-order valence-electron chi connectivity index (χ3n) is 6.59. The van der Waals surface area contributed by atoms with E-state index >= 15 is 0 Å². The van der Waals surface area contributed by atoms with Gasteiger partial charge in [-0.3, -0.25) is 9.79 Å². The second-order valence-corrected chi connectivity index (χ2v) is 8.71. The molecule has 7 nitrogen and oxygen atoms in total. The van der Waals surface area contributed by atoms with Crippen molar-refractivity contribution in [1.82, 2.24) is 15.5 Å². The maximum absolute atomic E-state index is 14.6. The topological polar surface area (TPSA) is 69.2 Å². The summed E-state index contributed by atoms with van der Waals surface area (Å²) < 4.78 is 20.0. The van der Waals surface area contributed by atoms with E-state index in [4.69, 9.17) is 4.74 Å². The zero-order valence-electron chi connectivity index (χ0n) is 18.8. The lowest BCUT2D eigenvalue weighted by molar-refractivity contribution is -0.134. The number of hydrogen-bond acceptors (Lipinski definition) is 4. The van der Waals surface area contributed by atoms with Crippen molar-refractivity contribution >= 4 is 41.5 Å². The van der Waals surface area contributed by atoms with Crippen molar-refractivity contribution in [2.45, 2.75) is 44.7 Å². The Morgan fingerprint density at radius 3 is 2.62 bits per heavy atom. The first kappa shape index (κ1) is 25.0. The molecule has 0 spiro atoms. The molecule has 178 valence electrons. The van der Waals surface area contributed by atoms with Crippen LogP contribution in [-0.4, -0.2) is 69.2 Å². The van der Waals surface area contributed by atoms with Crippen molar-refractivity contribution in [3.8, 4) is 0 Å². The Morgan fingerprint density at radius 1 is 1.19 bits per heavy atom. The fourth-order valence-corrected chi connectivity index (χ4v) is 4.80. The predicted octanol–water partition coefficient (Wildman–Crippen LogP) is 2.74. The summed E-state index contributed by atoms with van der Waals surface area (Å²) >= 11 is 0. The number of nitrogens with zero attached hydrogens (tertiary/aromatic N) is 3. The second-order valence-electron chi connectivity index (χ2n) is 8.71. The van der Waals surface area contributed by atoms with Gasteiger partial charge in [0.2, 0.25) is 5.91 Å². The molecule has 1 saturated carbocycles. The number of morpholine rings is 1. The molecule has 3 aliphatic rings. The standard InChI is InChI=1S/C23H34FN5O2.HI/c1-25-23(27-19-8-9-29(16-19)22(30)18-4-2-3-5-18)26-15-17-6-7-21(20(24)14-17)28-10-12-31-13-11-28;/h6-7,14,18-19H,2-5,8-13,15-16H2,1H3,(H2,25,26,27);1H. The highest BCUT2D eigenvalue weighted by Crippen LogP contribution is 2.28. The minimum atomic E-state index is -0.207. The largest absolute Gasteiger partial charge is 0.378 e. The number of benzene rings is 1. The van der Waals surface area contributed by atoms with Gasteiger partial charge in [0.15, 0.2) is 5.96 Å². The van der Waals surface area contributed by atoms with Gasteiger partial charge in [0.25, 0.3) is 0 Å². The van der Waals surface area contributed by atoms with Crippen molar-refractivity contribution in [1.29, 1.82) is 0 Å². The molecule has 4 rings (SSSR count). The van der Waals surface area contributed by atoms with Gasteiger partial charge in [-0.15, -0.1) is 24.0 Å². The summed E-state index contributed by atoms with van der Waals surface area (Å²) in [5, 5.41) is 6.69. The maximum atomic E-state index is 14.6. The molecule has 2 N–H and O–H groups in total. The first-order valence-electron chi connectivity index (χ1n) is 11.5. The van der Waals surface area contributed by atoms with Crippen LogP contribution in [0.5, 0.6) is 0 Å². The Labute approximate surface area is 207 Å². The fraction of sp³-hybridized carbons (Fsp3) is 0.652. The molecule has 1 unspecified atom stereocenters. The van der Waals surface area contributed by atoms with E-state index in [1.54, 1.807) is 13.1 Å². The molecule has 1 aliphatic carbocycles. The van der Waals surface area contributed by atoms with Gasteiger partial charge >= 0.3 is 0 Å². The van der Waals surface area contributed by atoms with Crippen LogP contribution >= 0.6 is 24.0 Å². The van der Waals surface area contributed by atoms with Gasteiger partial charge < -0.3 is 25.2 Å². The van der Waals surface area contributed by atoms with Crippen LogP contribution < -0.4 is 15.5 Å². The SMILES string of the molecule is CN=C(NCc1ccc(N2CCOCC2)c(F)c1)NC1CCN(C(=O)C2CCCC2)C1.I. The first-order chi connectivity index (χ1) is 15.1. The van der Waals surface area contributed by atoms with Gasteiger partial charge in [0.05, 0.1) is 18.9 Å².